The molecular weight excluding hydrogens is 606 g/mol. The minimum absolute atomic E-state index is 0.0407. The fourth-order valence-electron chi connectivity index (χ4n) is 5.50. The van der Waals surface area contributed by atoms with Gasteiger partial charge in [0.1, 0.15) is 17.5 Å². The molecule has 218 valence electrons. The number of aliphatic hydroxyl groups excluding tert-OH is 2. The van der Waals surface area contributed by atoms with Gasteiger partial charge in [-0.3, -0.25) is 14.5 Å². The molecule has 0 aliphatic carbocycles. The first-order valence-corrected chi connectivity index (χ1v) is 14.4. The average molecular weight is 637 g/mol. The van der Waals surface area contributed by atoms with E-state index in [1.807, 2.05) is 30.9 Å². The van der Waals surface area contributed by atoms with Gasteiger partial charge in [0.25, 0.3) is 11.8 Å². The van der Waals surface area contributed by atoms with Crippen LogP contribution in [0, 0.1) is 11.3 Å². The third-order valence-corrected chi connectivity index (χ3v) is 8.07. The number of hydrogen-bond donors (Lipinski definition) is 3. The highest BCUT2D eigenvalue weighted by atomic mass is 79.9. The molecule has 5 rings (SSSR count). The van der Waals surface area contributed by atoms with Crippen LogP contribution in [0.2, 0.25) is 0 Å². The second kappa shape index (κ2) is 11.8. The van der Waals surface area contributed by atoms with Crippen molar-refractivity contribution in [2.24, 2.45) is 10.2 Å². The van der Waals surface area contributed by atoms with Crippen LogP contribution in [0.1, 0.15) is 52.6 Å². The van der Waals surface area contributed by atoms with Gasteiger partial charge in [-0.2, -0.15) is 5.26 Å². The van der Waals surface area contributed by atoms with Crippen LogP contribution < -0.4 is 4.90 Å². The van der Waals surface area contributed by atoms with E-state index in [9.17, 15) is 30.2 Å². The summed E-state index contributed by atoms with van der Waals surface area (Å²) in [5.41, 5.74) is 2.15. The molecule has 0 saturated carbocycles. The van der Waals surface area contributed by atoms with Gasteiger partial charge in [0, 0.05) is 37.1 Å². The van der Waals surface area contributed by atoms with Crippen molar-refractivity contribution in [2.45, 2.75) is 45.5 Å². The van der Waals surface area contributed by atoms with Crippen LogP contribution in [0.5, 0.6) is 5.75 Å². The highest BCUT2D eigenvalue weighted by Gasteiger charge is 2.38. The Morgan fingerprint density at radius 3 is 2.67 bits per heavy atom. The number of phenols is 1. The molecule has 2 aliphatic heterocycles. The molecule has 0 bridgehead atoms. The van der Waals surface area contributed by atoms with E-state index in [0.717, 1.165) is 16.2 Å². The quantitative estimate of drug-likeness (QED) is 0.237. The second-order valence-corrected chi connectivity index (χ2v) is 11.4. The van der Waals surface area contributed by atoms with Crippen molar-refractivity contribution in [1.29, 1.82) is 5.26 Å². The molecule has 2 amide bonds. The number of nitrogens with zero attached hydrogens (tertiary/aromatic N) is 5. The number of fused-ring (bicyclic) bond motifs is 4. The van der Waals surface area contributed by atoms with E-state index >= 15 is 0 Å². The minimum atomic E-state index is -0.808. The normalized spacial score (nSPS) is 17.3. The summed E-state index contributed by atoms with van der Waals surface area (Å²) in [6.45, 7) is 6.27. The molecule has 3 aromatic carbocycles. The van der Waals surface area contributed by atoms with E-state index < -0.39 is 24.0 Å². The first-order chi connectivity index (χ1) is 20.0. The Morgan fingerprint density at radius 2 is 1.98 bits per heavy atom. The molecule has 3 N–H and O–H groups in total. The number of azo groups is 1. The molecule has 2 atom stereocenters. The summed E-state index contributed by atoms with van der Waals surface area (Å²) >= 11 is 3.38. The number of benzene rings is 3. The number of β-amino-alcohol motifs (C(OH)–C–C–N with tert-alkyl or cyclic N) is 2. The SMILES string of the molecule is CCN1C(=O)c2cc(C#N)c(N=Nc3cc4c(c5cccc(O)c35)N(CC(O)COC(C)C)CC(O)C4)c(Br)c2C1=O. The zero-order valence-corrected chi connectivity index (χ0v) is 24.9. The molecule has 0 radical (unpaired) electrons. The zero-order valence-electron chi connectivity index (χ0n) is 23.3. The lowest BCUT2D eigenvalue weighted by molar-refractivity contribution is 0.00804. The number of aliphatic hydroxyl groups is 2. The van der Waals surface area contributed by atoms with Crippen molar-refractivity contribution >= 4 is 55.6 Å². The van der Waals surface area contributed by atoms with Crippen LogP contribution in [0.15, 0.2) is 45.0 Å². The topological polar surface area (TPSA) is 159 Å². The number of anilines is 1. The molecule has 2 heterocycles. The van der Waals surface area contributed by atoms with Gasteiger partial charge >= 0.3 is 0 Å². The Hall–Kier alpha value is -3.89. The summed E-state index contributed by atoms with van der Waals surface area (Å²) in [6, 6.07) is 10.1. The number of hydrogen-bond acceptors (Lipinski definition) is 10. The highest BCUT2D eigenvalue weighted by molar-refractivity contribution is 9.10. The van der Waals surface area contributed by atoms with Gasteiger partial charge in [-0.25, -0.2) is 0 Å². The average Bonchev–Trinajstić information content (AvgIpc) is 3.19. The molecule has 42 heavy (non-hydrogen) atoms. The Kier molecular flexibility index (Phi) is 8.30. The van der Waals surface area contributed by atoms with Crippen molar-refractivity contribution in [3.63, 3.8) is 0 Å². The number of halogens is 1. The summed E-state index contributed by atoms with van der Waals surface area (Å²) in [7, 11) is 0. The van der Waals surface area contributed by atoms with Gasteiger partial charge in [-0.05, 0) is 60.5 Å². The first-order valence-electron chi connectivity index (χ1n) is 13.6. The smallest absolute Gasteiger partial charge is 0.262 e. The predicted molar refractivity (Wildman–Crippen MR) is 159 cm³/mol. The molecule has 11 nitrogen and oxygen atoms in total. The van der Waals surface area contributed by atoms with Crippen LogP contribution in [0.4, 0.5) is 17.1 Å². The molecule has 0 fully saturated rings. The lowest BCUT2D eigenvalue weighted by atomic mass is 9.93. The standard InChI is InChI=1S/C30H30BrN5O6/c1-4-36-29(40)21-9-17(11-32)27(26(31)25(21)30(36)41)34-33-22-10-16-8-18(37)12-35(13-19(38)14-42-15(2)3)28(16)20-6-5-7-23(39)24(20)22/h5-7,9-10,15,18-19,37-39H,4,8,12-14H2,1-3H3. The lowest BCUT2D eigenvalue weighted by Crippen LogP contribution is -2.44. The maximum absolute atomic E-state index is 12.9. The maximum Gasteiger partial charge on any atom is 0.262 e. The fourth-order valence-corrected chi connectivity index (χ4v) is 6.17. The van der Waals surface area contributed by atoms with Gasteiger partial charge in [0.05, 0.1) is 57.2 Å². The number of imide groups is 1. The van der Waals surface area contributed by atoms with E-state index in [4.69, 9.17) is 4.74 Å². The first kappa shape index (κ1) is 29.6. The van der Waals surface area contributed by atoms with E-state index in [1.165, 1.54) is 12.1 Å². The van der Waals surface area contributed by atoms with E-state index in [-0.39, 0.29) is 70.6 Å². The summed E-state index contributed by atoms with van der Waals surface area (Å²) in [6.07, 6.45) is -1.25. The summed E-state index contributed by atoms with van der Waals surface area (Å²) in [5, 5.41) is 51.9. The number of carbonyl (C=O) groups excluding carboxylic acids is 2. The fraction of sp³-hybridized carbons (Fsp3) is 0.367. The number of phenolic OH excluding ortho intramolecular Hbond substituents is 1. The van der Waals surface area contributed by atoms with E-state index in [1.54, 1.807) is 19.1 Å². The van der Waals surface area contributed by atoms with Crippen LogP contribution in [-0.2, 0) is 11.2 Å². The Labute approximate surface area is 250 Å². The molecule has 0 aromatic heterocycles. The van der Waals surface area contributed by atoms with Gasteiger partial charge in [0.15, 0.2) is 0 Å². The number of aromatic hydroxyl groups is 1. The van der Waals surface area contributed by atoms with Crippen LogP contribution in [0.25, 0.3) is 10.8 Å². The summed E-state index contributed by atoms with van der Waals surface area (Å²) in [4.78, 5) is 28.6. The van der Waals surface area contributed by atoms with Crippen molar-refractivity contribution in [1.82, 2.24) is 4.90 Å². The van der Waals surface area contributed by atoms with Crippen LogP contribution in [0.3, 0.4) is 0 Å². The number of rotatable bonds is 8. The molecule has 2 aliphatic rings. The van der Waals surface area contributed by atoms with Gasteiger partial charge in [-0.15, -0.1) is 10.2 Å². The number of nitriles is 1. The lowest BCUT2D eigenvalue weighted by Gasteiger charge is -2.36. The minimum Gasteiger partial charge on any atom is -0.507 e. The second-order valence-electron chi connectivity index (χ2n) is 10.6. The molecule has 0 saturated heterocycles. The maximum atomic E-state index is 12.9. The number of amides is 2. The highest BCUT2D eigenvalue weighted by Crippen LogP contribution is 2.45. The van der Waals surface area contributed by atoms with Gasteiger partial charge < -0.3 is 25.0 Å². The van der Waals surface area contributed by atoms with Gasteiger partial charge in [-0.1, -0.05) is 12.1 Å². The number of carbonyl (C=O) groups is 2. The van der Waals surface area contributed by atoms with Crippen molar-refractivity contribution in [2.75, 3.05) is 31.1 Å². The van der Waals surface area contributed by atoms with Crippen LogP contribution >= 0.6 is 15.9 Å². The van der Waals surface area contributed by atoms with Crippen LogP contribution in [-0.4, -0.2) is 76.6 Å². The molecular formula is C30H30BrN5O6. The largest absolute Gasteiger partial charge is 0.507 e. The Morgan fingerprint density at radius 1 is 1.21 bits per heavy atom. The van der Waals surface area contributed by atoms with Gasteiger partial charge in [0.2, 0.25) is 0 Å². The molecule has 0 spiro atoms. The predicted octanol–water partition coefficient (Wildman–Crippen LogP) is 4.72. The third-order valence-electron chi connectivity index (χ3n) is 7.29. The molecule has 3 aromatic rings. The monoisotopic (exact) mass is 635 g/mol. The van der Waals surface area contributed by atoms with Crippen molar-refractivity contribution < 1.29 is 29.6 Å². The Balaban J connectivity index is 1.61. The molecule has 12 heteroatoms. The summed E-state index contributed by atoms with van der Waals surface area (Å²) in [5.74, 6) is -1.02. The van der Waals surface area contributed by atoms with Crippen molar-refractivity contribution in [3.05, 3.63) is 57.1 Å². The molecule has 2 unspecified atom stereocenters. The zero-order chi connectivity index (χ0) is 30.3. The number of ether oxygens (including phenoxy) is 1. The van der Waals surface area contributed by atoms with E-state index in [2.05, 4.69) is 26.2 Å². The third kappa shape index (κ3) is 5.25. The summed E-state index contributed by atoms with van der Waals surface area (Å²) < 4.78 is 5.75. The van der Waals surface area contributed by atoms with E-state index in [0.29, 0.717) is 17.2 Å². The van der Waals surface area contributed by atoms with Crippen molar-refractivity contribution in [3.8, 4) is 11.8 Å². The Bertz CT molecular complexity index is 1670.